The van der Waals surface area contributed by atoms with Gasteiger partial charge >= 0.3 is 5.97 Å². The molecule has 26 heavy (non-hydrogen) atoms. The highest BCUT2D eigenvalue weighted by Gasteiger charge is 2.31. The number of ether oxygens (including phenoxy) is 1. The molecular formula is C20H23NO4S. The van der Waals surface area contributed by atoms with E-state index in [9.17, 15) is 13.2 Å². The fourth-order valence-electron chi connectivity index (χ4n) is 3.13. The van der Waals surface area contributed by atoms with E-state index in [0.29, 0.717) is 19.4 Å². The van der Waals surface area contributed by atoms with Crippen LogP contribution in [0.5, 0.6) is 0 Å². The Bertz CT molecular complexity index is 847. The van der Waals surface area contributed by atoms with Gasteiger partial charge in [0.05, 0.1) is 12.2 Å². The molecule has 1 aliphatic rings. The summed E-state index contributed by atoms with van der Waals surface area (Å²) in [4.78, 5) is 12.3. The molecule has 6 heteroatoms. The molecule has 1 unspecified atom stereocenters. The summed E-state index contributed by atoms with van der Waals surface area (Å²) in [5.41, 5.74) is 3.16. The number of piperidine rings is 1. The van der Waals surface area contributed by atoms with E-state index in [1.807, 2.05) is 54.6 Å². The topological polar surface area (TPSA) is 63.7 Å². The first-order chi connectivity index (χ1) is 12.4. The first kappa shape index (κ1) is 18.6. The van der Waals surface area contributed by atoms with E-state index in [-0.39, 0.29) is 25.0 Å². The maximum Gasteiger partial charge on any atom is 0.310 e. The average molecular weight is 373 g/mol. The van der Waals surface area contributed by atoms with Crippen LogP contribution in [0.25, 0.3) is 11.1 Å². The first-order valence-electron chi connectivity index (χ1n) is 8.69. The van der Waals surface area contributed by atoms with Gasteiger partial charge in [-0.2, -0.15) is 0 Å². The van der Waals surface area contributed by atoms with Crippen molar-refractivity contribution in [2.45, 2.75) is 19.4 Å². The molecule has 0 radical (unpaired) electrons. The van der Waals surface area contributed by atoms with Gasteiger partial charge in [-0.3, -0.25) is 4.79 Å². The van der Waals surface area contributed by atoms with E-state index in [0.717, 1.165) is 16.7 Å². The molecule has 2 aromatic carbocycles. The number of sulfonamides is 1. The quantitative estimate of drug-likeness (QED) is 0.756. The highest BCUT2D eigenvalue weighted by molar-refractivity contribution is 7.88. The van der Waals surface area contributed by atoms with Gasteiger partial charge in [-0.05, 0) is 29.5 Å². The van der Waals surface area contributed by atoms with Crippen LogP contribution < -0.4 is 0 Å². The summed E-state index contributed by atoms with van der Waals surface area (Å²) in [6.45, 7) is 0.886. The van der Waals surface area contributed by atoms with Crippen LogP contribution in [-0.4, -0.2) is 38.0 Å². The van der Waals surface area contributed by atoms with E-state index < -0.39 is 10.0 Å². The highest BCUT2D eigenvalue weighted by atomic mass is 32.2. The Hall–Kier alpha value is -2.18. The Balaban J connectivity index is 1.56. The van der Waals surface area contributed by atoms with Crippen LogP contribution in [0.2, 0.25) is 0 Å². The highest BCUT2D eigenvalue weighted by Crippen LogP contribution is 2.22. The molecule has 0 saturated carbocycles. The molecular weight excluding hydrogens is 350 g/mol. The van der Waals surface area contributed by atoms with Gasteiger partial charge in [0.1, 0.15) is 6.61 Å². The number of nitrogens with zero attached hydrogens (tertiary/aromatic N) is 1. The zero-order chi connectivity index (χ0) is 18.6. The van der Waals surface area contributed by atoms with Crippen molar-refractivity contribution >= 4 is 16.0 Å². The van der Waals surface area contributed by atoms with E-state index in [4.69, 9.17) is 4.74 Å². The molecule has 0 spiro atoms. The van der Waals surface area contributed by atoms with Gasteiger partial charge in [-0.15, -0.1) is 0 Å². The third-order valence-corrected chi connectivity index (χ3v) is 5.90. The Morgan fingerprint density at radius 2 is 1.73 bits per heavy atom. The lowest BCUT2D eigenvalue weighted by Crippen LogP contribution is -2.42. The van der Waals surface area contributed by atoms with Crippen LogP contribution in [0.1, 0.15) is 18.4 Å². The average Bonchev–Trinajstić information content (AvgIpc) is 2.66. The van der Waals surface area contributed by atoms with E-state index in [1.165, 1.54) is 10.6 Å². The zero-order valence-electron chi connectivity index (χ0n) is 14.8. The molecule has 1 fully saturated rings. The second-order valence-electron chi connectivity index (χ2n) is 6.63. The lowest BCUT2D eigenvalue weighted by molar-refractivity contribution is -0.151. The fourth-order valence-corrected chi connectivity index (χ4v) is 4.04. The lowest BCUT2D eigenvalue weighted by atomic mass is 10.00. The van der Waals surface area contributed by atoms with Gasteiger partial charge in [0, 0.05) is 13.1 Å². The van der Waals surface area contributed by atoms with Gasteiger partial charge in [0.15, 0.2) is 0 Å². The van der Waals surface area contributed by atoms with Crippen LogP contribution in [0.15, 0.2) is 54.6 Å². The van der Waals surface area contributed by atoms with Crippen LogP contribution in [0, 0.1) is 5.92 Å². The number of benzene rings is 2. The van der Waals surface area contributed by atoms with Crippen molar-refractivity contribution in [3.8, 4) is 11.1 Å². The maximum atomic E-state index is 12.3. The number of hydrogen-bond acceptors (Lipinski definition) is 4. The second-order valence-corrected chi connectivity index (χ2v) is 8.61. The molecule has 3 rings (SSSR count). The number of rotatable bonds is 5. The predicted molar refractivity (Wildman–Crippen MR) is 101 cm³/mol. The normalized spacial score (nSPS) is 18.4. The minimum atomic E-state index is -3.27. The van der Waals surface area contributed by atoms with Gasteiger partial charge in [-0.25, -0.2) is 12.7 Å². The SMILES string of the molecule is CS(=O)(=O)N1CCCC(C(=O)OCc2ccc(-c3ccccc3)cc2)C1. The monoisotopic (exact) mass is 373 g/mol. The third-order valence-electron chi connectivity index (χ3n) is 4.63. The molecule has 1 saturated heterocycles. The number of carbonyl (C=O) groups is 1. The minimum Gasteiger partial charge on any atom is -0.461 e. The van der Waals surface area contributed by atoms with Gasteiger partial charge in [0.2, 0.25) is 10.0 Å². The number of carbonyl (C=O) groups excluding carboxylic acids is 1. The first-order valence-corrected chi connectivity index (χ1v) is 10.5. The molecule has 138 valence electrons. The smallest absolute Gasteiger partial charge is 0.310 e. The predicted octanol–water partition coefficient (Wildman–Crippen LogP) is 3.07. The Morgan fingerprint density at radius 1 is 1.08 bits per heavy atom. The molecule has 0 amide bonds. The van der Waals surface area contributed by atoms with E-state index in [1.54, 1.807) is 0 Å². The van der Waals surface area contributed by atoms with Crippen LogP contribution >= 0.6 is 0 Å². The lowest BCUT2D eigenvalue weighted by Gasteiger charge is -2.29. The van der Waals surface area contributed by atoms with Crippen LogP contribution in [-0.2, 0) is 26.2 Å². The summed E-state index contributed by atoms with van der Waals surface area (Å²) in [7, 11) is -3.27. The minimum absolute atomic E-state index is 0.198. The zero-order valence-corrected chi connectivity index (χ0v) is 15.6. The fraction of sp³-hybridized carbons (Fsp3) is 0.350. The van der Waals surface area contributed by atoms with Gasteiger partial charge < -0.3 is 4.74 Å². The van der Waals surface area contributed by atoms with Gasteiger partial charge in [0.25, 0.3) is 0 Å². The van der Waals surface area contributed by atoms with Crippen molar-refractivity contribution < 1.29 is 17.9 Å². The van der Waals surface area contributed by atoms with Crippen LogP contribution in [0.4, 0.5) is 0 Å². The van der Waals surface area contributed by atoms with Crippen molar-refractivity contribution in [3.63, 3.8) is 0 Å². The van der Waals surface area contributed by atoms with E-state index >= 15 is 0 Å². The summed E-state index contributed by atoms with van der Waals surface area (Å²) in [5.74, 6) is -0.715. The summed E-state index contributed by atoms with van der Waals surface area (Å²) in [6.07, 6.45) is 2.52. The standard InChI is InChI=1S/C20H23NO4S/c1-26(23,24)21-13-5-8-19(14-21)20(22)25-15-16-9-11-18(12-10-16)17-6-3-2-4-7-17/h2-4,6-7,9-12,19H,5,8,13-15H2,1H3. The molecule has 0 bridgehead atoms. The molecule has 1 aliphatic heterocycles. The molecule has 0 aromatic heterocycles. The Kier molecular flexibility index (Phi) is 5.74. The number of hydrogen-bond donors (Lipinski definition) is 0. The molecule has 5 nitrogen and oxygen atoms in total. The van der Waals surface area contributed by atoms with Crippen molar-refractivity contribution in [2.24, 2.45) is 5.92 Å². The third kappa shape index (κ3) is 4.71. The molecule has 0 N–H and O–H groups in total. The van der Waals surface area contributed by atoms with Crippen molar-refractivity contribution in [1.29, 1.82) is 0 Å². The summed E-state index contributed by atoms with van der Waals surface area (Å²) < 4.78 is 30.1. The summed E-state index contributed by atoms with van der Waals surface area (Å²) in [5, 5.41) is 0. The molecule has 1 atom stereocenters. The molecule has 2 aromatic rings. The maximum absolute atomic E-state index is 12.3. The van der Waals surface area contributed by atoms with Crippen molar-refractivity contribution in [1.82, 2.24) is 4.31 Å². The van der Waals surface area contributed by atoms with Crippen molar-refractivity contribution in [2.75, 3.05) is 19.3 Å². The van der Waals surface area contributed by atoms with Gasteiger partial charge in [-0.1, -0.05) is 54.6 Å². The Labute approximate surface area is 154 Å². The van der Waals surface area contributed by atoms with Crippen molar-refractivity contribution in [3.05, 3.63) is 60.2 Å². The molecule has 1 heterocycles. The number of esters is 1. The Morgan fingerprint density at radius 3 is 2.38 bits per heavy atom. The summed E-state index contributed by atoms with van der Waals surface area (Å²) >= 11 is 0. The second kappa shape index (κ2) is 8.01. The largest absolute Gasteiger partial charge is 0.461 e. The molecule has 0 aliphatic carbocycles. The van der Waals surface area contributed by atoms with Crippen LogP contribution in [0.3, 0.4) is 0 Å². The summed E-state index contributed by atoms with van der Waals surface area (Å²) in [6, 6.07) is 18.0. The van der Waals surface area contributed by atoms with E-state index in [2.05, 4.69) is 0 Å².